The molecule has 6 nitrogen and oxygen atoms in total. The SMILES string of the molecule is CC(=O)c1ccc(NC(=O)c2ccc(C(=O)N3CCOCC3)cc2)cc1. The van der Waals surface area contributed by atoms with Gasteiger partial charge in [-0.1, -0.05) is 0 Å². The third kappa shape index (κ3) is 4.15. The lowest BCUT2D eigenvalue weighted by Gasteiger charge is -2.26. The number of benzene rings is 2. The van der Waals surface area contributed by atoms with Crippen LogP contribution in [0.3, 0.4) is 0 Å². The normalized spacial score (nSPS) is 14.0. The van der Waals surface area contributed by atoms with Gasteiger partial charge in [0.15, 0.2) is 5.78 Å². The third-order valence-corrected chi connectivity index (χ3v) is 4.24. The Balaban J connectivity index is 1.64. The van der Waals surface area contributed by atoms with Crippen LogP contribution < -0.4 is 5.32 Å². The lowest BCUT2D eigenvalue weighted by molar-refractivity contribution is 0.0303. The number of ketones is 1. The Morgan fingerprint density at radius 3 is 1.96 bits per heavy atom. The zero-order valence-corrected chi connectivity index (χ0v) is 14.5. The first kappa shape index (κ1) is 17.8. The molecular formula is C20H20N2O4. The van der Waals surface area contributed by atoms with Crippen molar-refractivity contribution in [2.24, 2.45) is 0 Å². The van der Waals surface area contributed by atoms with Gasteiger partial charge in [-0.15, -0.1) is 0 Å². The summed E-state index contributed by atoms with van der Waals surface area (Å²) in [5.74, 6) is -0.352. The average Bonchev–Trinajstić information content (AvgIpc) is 2.68. The van der Waals surface area contributed by atoms with Crippen molar-refractivity contribution in [2.75, 3.05) is 31.6 Å². The molecule has 1 fully saturated rings. The number of ether oxygens (including phenoxy) is 1. The Bertz CT molecular complexity index is 807. The molecule has 134 valence electrons. The van der Waals surface area contributed by atoms with E-state index < -0.39 is 0 Å². The molecule has 0 bridgehead atoms. The molecule has 6 heteroatoms. The standard InChI is InChI=1S/C20H20N2O4/c1-14(23)15-6-8-18(9-7-15)21-19(24)16-2-4-17(5-3-16)20(25)22-10-12-26-13-11-22/h2-9H,10-13H2,1H3,(H,21,24). The summed E-state index contributed by atoms with van der Waals surface area (Å²) in [5.41, 5.74) is 2.20. The van der Waals surface area contributed by atoms with E-state index in [1.807, 2.05) is 0 Å². The molecular weight excluding hydrogens is 332 g/mol. The maximum atomic E-state index is 12.4. The summed E-state index contributed by atoms with van der Waals surface area (Å²) in [7, 11) is 0. The minimum atomic E-state index is -0.272. The fourth-order valence-corrected chi connectivity index (χ4v) is 2.70. The number of amides is 2. The highest BCUT2D eigenvalue weighted by Gasteiger charge is 2.18. The van der Waals surface area contributed by atoms with Crippen molar-refractivity contribution >= 4 is 23.3 Å². The van der Waals surface area contributed by atoms with Crippen LogP contribution in [-0.2, 0) is 4.74 Å². The number of Topliss-reactive ketones (excluding diaryl/α,β-unsaturated/α-hetero) is 1. The van der Waals surface area contributed by atoms with Gasteiger partial charge in [0.25, 0.3) is 11.8 Å². The Labute approximate surface area is 151 Å². The smallest absolute Gasteiger partial charge is 0.255 e. The molecule has 0 radical (unpaired) electrons. The van der Waals surface area contributed by atoms with Crippen LogP contribution >= 0.6 is 0 Å². The van der Waals surface area contributed by atoms with Gasteiger partial charge in [0.2, 0.25) is 0 Å². The van der Waals surface area contributed by atoms with Gasteiger partial charge in [0.1, 0.15) is 0 Å². The maximum Gasteiger partial charge on any atom is 0.255 e. The van der Waals surface area contributed by atoms with E-state index >= 15 is 0 Å². The van der Waals surface area contributed by atoms with Gasteiger partial charge in [-0.2, -0.15) is 0 Å². The number of nitrogens with one attached hydrogen (secondary N) is 1. The molecule has 1 aliphatic heterocycles. The molecule has 2 amide bonds. The highest BCUT2D eigenvalue weighted by Crippen LogP contribution is 2.14. The number of hydrogen-bond donors (Lipinski definition) is 1. The number of hydrogen-bond acceptors (Lipinski definition) is 4. The van der Waals surface area contributed by atoms with Crippen LogP contribution in [0.15, 0.2) is 48.5 Å². The largest absolute Gasteiger partial charge is 0.378 e. The summed E-state index contributed by atoms with van der Waals surface area (Å²) in [6, 6.07) is 13.3. The Morgan fingerprint density at radius 1 is 0.846 bits per heavy atom. The predicted octanol–water partition coefficient (Wildman–Crippen LogP) is 2.61. The number of anilines is 1. The first-order valence-corrected chi connectivity index (χ1v) is 8.44. The first-order chi connectivity index (χ1) is 12.5. The van der Waals surface area contributed by atoms with Crippen LogP contribution in [0.25, 0.3) is 0 Å². The van der Waals surface area contributed by atoms with Crippen molar-refractivity contribution < 1.29 is 19.1 Å². The molecule has 1 N–H and O–H groups in total. The van der Waals surface area contributed by atoms with Crippen molar-refractivity contribution in [2.45, 2.75) is 6.92 Å². The first-order valence-electron chi connectivity index (χ1n) is 8.44. The monoisotopic (exact) mass is 352 g/mol. The second-order valence-electron chi connectivity index (χ2n) is 6.07. The zero-order valence-electron chi connectivity index (χ0n) is 14.5. The van der Waals surface area contributed by atoms with Gasteiger partial charge in [-0.25, -0.2) is 0 Å². The van der Waals surface area contributed by atoms with Gasteiger partial charge in [0.05, 0.1) is 13.2 Å². The lowest BCUT2D eigenvalue weighted by Crippen LogP contribution is -2.40. The molecule has 2 aromatic carbocycles. The highest BCUT2D eigenvalue weighted by molar-refractivity contribution is 6.05. The number of morpholine rings is 1. The third-order valence-electron chi connectivity index (χ3n) is 4.24. The summed E-state index contributed by atoms with van der Waals surface area (Å²) in [5, 5.41) is 2.77. The average molecular weight is 352 g/mol. The van der Waals surface area contributed by atoms with Crippen molar-refractivity contribution in [3.8, 4) is 0 Å². The van der Waals surface area contributed by atoms with E-state index in [2.05, 4.69) is 5.32 Å². The van der Waals surface area contributed by atoms with Crippen molar-refractivity contribution in [1.29, 1.82) is 0 Å². The fraction of sp³-hybridized carbons (Fsp3) is 0.250. The Kier molecular flexibility index (Phi) is 5.43. The molecule has 26 heavy (non-hydrogen) atoms. The van der Waals surface area contributed by atoms with Crippen molar-refractivity contribution in [1.82, 2.24) is 4.90 Å². The maximum absolute atomic E-state index is 12.4. The second-order valence-corrected chi connectivity index (χ2v) is 6.07. The van der Waals surface area contributed by atoms with E-state index in [9.17, 15) is 14.4 Å². The molecule has 0 saturated carbocycles. The van der Waals surface area contributed by atoms with Crippen LogP contribution in [0, 0.1) is 0 Å². The molecule has 0 aliphatic carbocycles. The minimum Gasteiger partial charge on any atom is -0.378 e. The van der Waals surface area contributed by atoms with Crippen LogP contribution in [0.4, 0.5) is 5.69 Å². The summed E-state index contributed by atoms with van der Waals surface area (Å²) in [6.45, 7) is 3.76. The second kappa shape index (κ2) is 7.93. The minimum absolute atomic E-state index is 0.0246. The van der Waals surface area contributed by atoms with Crippen molar-refractivity contribution in [3.05, 3.63) is 65.2 Å². The van der Waals surface area contributed by atoms with Crippen LogP contribution in [-0.4, -0.2) is 48.8 Å². The molecule has 0 unspecified atom stereocenters. The highest BCUT2D eigenvalue weighted by atomic mass is 16.5. The number of nitrogens with zero attached hydrogens (tertiary/aromatic N) is 1. The molecule has 0 atom stereocenters. The van der Waals surface area contributed by atoms with E-state index in [0.29, 0.717) is 48.7 Å². The van der Waals surface area contributed by atoms with Crippen LogP contribution in [0.2, 0.25) is 0 Å². The fourth-order valence-electron chi connectivity index (χ4n) is 2.70. The summed E-state index contributed by atoms with van der Waals surface area (Å²) < 4.78 is 5.25. The quantitative estimate of drug-likeness (QED) is 0.858. The summed E-state index contributed by atoms with van der Waals surface area (Å²) >= 11 is 0. The number of carbonyl (C=O) groups excluding carboxylic acids is 3. The Hall–Kier alpha value is -2.99. The molecule has 0 spiro atoms. The molecule has 3 rings (SSSR count). The summed E-state index contributed by atoms with van der Waals surface area (Å²) in [4.78, 5) is 37.7. The molecule has 1 saturated heterocycles. The van der Waals surface area contributed by atoms with E-state index in [0.717, 1.165) is 0 Å². The van der Waals surface area contributed by atoms with Gasteiger partial charge in [0, 0.05) is 35.5 Å². The number of rotatable bonds is 4. The van der Waals surface area contributed by atoms with Crippen LogP contribution in [0.5, 0.6) is 0 Å². The van der Waals surface area contributed by atoms with E-state index in [4.69, 9.17) is 4.74 Å². The molecule has 1 heterocycles. The molecule has 1 aliphatic rings. The van der Waals surface area contributed by atoms with Gasteiger partial charge in [-0.05, 0) is 55.5 Å². The van der Waals surface area contributed by atoms with E-state index in [-0.39, 0.29) is 17.6 Å². The summed E-state index contributed by atoms with van der Waals surface area (Å²) in [6.07, 6.45) is 0. The zero-order chi connectivity index (χ0) is 18.5. The predicted molar refractivity (Wildman–Crippen MR) is 97.6 cm³/mol. The van der Waals surface area contributed by atoms with Gasteiger partial charge >= 0.3 is 0 Å². The topological polar surface area (TPSA) is 75.7 Å². The number of carbonyl (C=O) groups is 3. The lowest BCUT2D eigenvalue weighted by atomic mass is 10.1. The van der Waals surface area contributed by atoms with Gasteiger partial charge in [-0.3, -0.25) is 14.4 Å². The van der Waals surface area contributed by atoms with Gasteiger partial charge < -0.3 is 15.0 Å². The van der Waals surface area contributed by atoms with E-state index in [1.54, 1.807) is 53.4 Å². The van der Waals surface area contributed by atoms with Crippen molar-refractivity contribution in [3.63, 3.8) is 0 Å². The Morgan fingerprint density at radius 2 is 1.38 bits per heavy atom. The molecule has 2 aromatic rings. The molecule has 0 aromatic heterocycles. The van der Waals surface area contributed by atoms with E-state index in [1.165, 1.54) is 6.92 Å². The van der Waals surface area contributed by atoms with Crippen LogP contribution in [0.1, 0.15) is 38.0 Å².